The highest BCUT2D eigenvalue weighted by atomic mass is 32.2. The highest BCUT2D eigenvalue weighted by Gasteiger charge is 2.14. The number of benzene rings is 2. The minimum atomic E-state index is -0.0474. The van der Waals surface area contributed by atoms with Gasteiger partial charge in [0.1, 0.15) is 16.2 Å². The summed E-state index contributed by atoms with van der Waals surface area (Å²) >= 11 is 3.08. The van der Waals surface area contributed by atoms with Gasteiger partial charge < -0.3 is 5.32 Å². The second-order valence-electron chi connectivity index (χ2n) is 8.04. The van der Waals surface area contributed by atoms with Crippen molar-refractivity contribution in [2.24, 2.45) is 0 Å². The van der Waals surface area contributed by atoms with Crippen LogP contribution in [0.5, 0.6) is 0 Å². The molecule has 0 atom stereocenters. The monoisotopic (exact) mass is 433 g/mol. The van der Waals surface area contributed by atoms with Crippen LogP contribution < -0.4 is 5.32 Å². The van der Waals surface area contributed by atoms with Gasteiger partial charge in [0.15, 0.2) is 0 Å². The fourth-order valence-electron chi connectivity index (χ4n) is 3.08. The van der Waals surface area contributed by atoms with Gasteiger partial charge in [-0.05, 0) is 34.7 Å². The Bertz CT molecular complexity index is 1160. The summed E-state index contributed by atoms with van der Waals surface area (Å²) in [4.78, 5) is 23.4. The molecule has 4 nitrogen and oxygen atoms in total. The van der Waals surface area contributed by atoms with E-state index in [1.807, 2.05) is 30.3 Å². The number of thioether (sulfide) groups is 1. The van der Waals surface area contributed by atoms with E-state index in [2.05, 4.69) is 66.4 Å². The van der Waals surface area contributed by atoms with Crippen LogP contribution in [0.4, 0.5) is 5.69 Å². The van der Waals surface area contributed by atoms with Gasteiger partial charge in [0.2, 0.25) is 5.91 Å². The molecule has 0 fully saturated rings. The smallest absolute Gasteiger partial charge is 0.234 e. The first-order valence-corrected chi connectivity index (χ1v) is 11.5. The molecule has 4 aromatic rings. The van der Waals surface area contributed by atoms with Crippen molar-refractivity contribution >= 4 is 44.9 Å². The van der Waals surface area contributed by atoms with Gasteiger partial charge in [0, 0.05) is 16.0 Å². The van der Waals surface area contributed by atoms with Crippen LogP contribution in [0.3, 0.4) is 0 Å². The van der Waals surface area contributed by atoms with E-state index in [9.17, 15) is 4.79 Å². The summed E-state index contributed by atoms with van der Waals surface area (Å²) in [5.41, 5.74) is 3.30. The van der Waals surface area contributed by atoms with Crippen LogP contribution in [0.2, 0.25) is 0 Å². The summed E-state index contributed by atoms with van der Waals surface area (Å²) in [7, 11) is 0. The zero-order valence-electron chi connectivity index (χ0n) is 17.2. The van der Waals surface area contributed by atoms with Gasteiger partial charge in [-0.3, -0.25) is 4.79 Å². The molecule has 1 amide bonds. The summed E-state index contributed by atoms with van der Waals surface area (Å²) in [5, 5.41) is 4.79. The van der Waals surface area contributed by atoms with Crippen LogP contribution >= 0.6 is 23.1 Å². The lowest BCUT2D eigenvalue weighted by Crippen LogP contribution is -2.15. The van der Waals surface area contributed by atoms with Crippen molar-refractivity contribution < 1.29 is 4.79 Å². The minimum absolute atomic E-state index is 0.0474. The molecule has 0 saturated heterocycles. The average molecular weight is 434 g/mol. The van der Waals surface area contributed by atoms with Gasteiger partial charge in [-0.2, -0.15) is 0 Å². The summed E-state index contributed by atoms with van der Waals surface area (Å²) < 4.78 is 0. The summed E-state index contributed by atoms with van der Waals surface area (Å²) in [6.07, 6.45) is 1.57. The summed E-state index contributed by atoms with van der Waals surface area (Å²) in [5.74, 6) is 0.248. The lowest BCUT2D eigenvalue weighted by atomic mass is 9.87. The maximum atomic E-state index is 12.5. The van der Waals surface area contributed by atoms with Crippen LogP contribution in [0.25, 0.3) is 20.7 Å². The third-order valence-electron chi connectivity index (χ3n) is 4.73. The van der Waals surface area contributed by atoms with Crippen molar-refractivity contribution in [1.29, 1.82) is 0 Å². The van der Waals surface area contributed by atoms with Gasteiger partial charge in [0.25, 0.3) is 0 Å². The molecule has 0 spiro atoms. The second kappa shape index (κ2) is 8.58. The molecule has 1 N–H and O–H groups in total. The molecule has 0 unspecified atom stereocenters. The molecule has 0 aliphatic rings. The van der Waals surface area contributed by atoms with Crippen LogP contribution in [-0.2, 0) is 10.2 Å². The first-order chi connectivity index (χ1) is 14.4. The molecule has 0 saturated carbocycles. The Balaban J connectivity index is 1.44. The second-order valence-corrected chi connectivity index (χ2v) is 10.0. The van der Waals surface area contributed by atoms with Crippen molar-refractivity contribution in [3.8, 4) is 10.4 Å². The number of carbonyl (C=O) groups excluding carboxylic acids is 1. The van der Waals surface area contributed by atoms with Gasteiger partial charge >= 0.3 is 0 Å². The molecule has 30 heavy (non-hydrogen) atoms. The van der Waals surface area contributed by atoms with Crippen LogP contribution in [0.1, 0.15) is 26.3 Å². The molecule has 0 aliphatic heterocycles. The van der Waals surface area contributed by atoms with Gasteiger partial charge in [-0.15, -0.1) is 11.3 Å². The standard InChI is InChI=1S/C24H23N3OS2/c1-24(2,3)17-9-11-18(12-10-17)27-21(28)14-29-22-19-13-20(16-7-5-4-6-8-16)30-23(19)26-15-25-22/h4-13,15H,14H2,1-3H3,(H,27,28). The van der Waals surface area contributed by atoms with Crippen molar-refractivity contribution in [3.63, 3.8) is 0 Å². The largest absolute Gasteiger partial charge is 0.325 e. The van der Waals surface area contributed by atoms with E-state index in [1.165, 1.54) is 17.3 Å². The molecule has 152 valence electrons. The first kappa shape index (κ1) is 20.6. The third-order valence-corrected chi connectivity index (χ3v) is 6.82. The van der Waals surface area contributed by atoms with E-state index in [1.54, 1.807) is 17.7 Å². The lowest BCUT2D eigenvalue weighted by molar-refractivity contribution is -0.113. The van der Waals surface area contributed by atoms with Crippen molar-refractivity contribution in [3.05, 3.63) is 72.6 Å². The number of nitrogens with zero attached hydrogens (tertiary/aromatic N) is 2. The average Bonchev–Trinajstić information content (AvgIpc) is 3.18. The molecule has 2 heterocycles. The van der Waals surface area contributed by atoms with E-state index < -0.39 is 0 Å². The van der Waals surface area contributed by atoms with Crippen LogP contribution in [0, 0.1) is 0 Å². The molecule has 6 heteroatoms. The van der Waals surface area contributed by atoms with E-state index in [4.69, 9.17) is 0 Å². The Morgan fingerprint density at radius 3 is 2.47 bits per heavy atom. The van der Waals surface area contributed by atoms with E-state index in [0.717, 1.165) is 31.4 Å². The maximum absolute atomic E-state index is 12.5. The van der Waals surface area contributed by atoms with Gasteiger partial charge in [-0.1, -0.05) is 75.0 Å². The predicted molar refractivity (Wildman–Crippen MR) is 127 cm³/mol. The Labute approximate surface area is 184 Å². The Kier molecular flexibility index (Phi) is 5.88. The lowest BCUT2D eigenvalue weighted by Gasteiger charge is -2.19. The van der Waals surface area contributed by atoms with Crippen molar-refractivity contribution in [2.45, 2.75) is 31.2 Å². The number of fused-ring (bicyclic) bond motifs is 1. The summed E-state index contributed by atoms with van der Waals surface area (Å²) in [6, 6.07) is 20.4. The van der Waals surface area contributed by atoms with E-state index in [0.29, 0.717) is 5.75 Å². The number of nitrogens with one attached hydrogen (secondary N) is 1. The van der Waals surface area contributed by atoms with Crippen LogP contribution in [0.15, 0.2) is 72.0 Å². The number of carbonyl (C=O) groups is 1. The van der Waals surface area contributed by atoms with Crippen molar-refractivity contribution in [2.75, 3.05) is 11.1 Å². The molecule has 0 bridgehead atoms. The Morgan fingerprint density at radius 2 is 1.77 bits per heavy atom. The predicted octanol–water partition coefficient (Wildman–Crippen LogP) is 6.39. The third kappa shape index (κ3) is 4.71. The number of hydrogen-bond donors (Lipinski definition) is 1. The molecule has 0 aliphatic carbocycles. The van der Waals surface area contributed by atoms with E-state index >= 15 is 0 Å². The fraction of sp³-hybridized carbons (Fsp3) is 0.208. The number of amides is 1. The topological polar surface area (TPSA) is 54.9 Å². The Morgan fingerprint density at radius 1 is 1.03 bits per heavy atom. The normalized spacial score (nSPS) is 11.6. The zero-order chi connectivity index (χ0) is 21.1. The minimum Gasteiger partial charge on any atom is -0.325 e. The molecule has 4 rings (SSSR count). The molecular weight excluding hydrogens is 410 g/mol. The SMILES string of the molecule is CC(C)(C)c1ccc(NC(=O)CSc2ncnc3sc(-c4ccccc4)cc23)cc1. The highest BCUT2D eigenvalue weighted by molar-refractivity contribution is 8.00. The van der Waals surface area contributed by atoms with Gasteiger partial charge in [0.05, 0.1) is 5.75 Å². The molecule has 2 aromatic carbocycles. The molecule has 2 aromatic heterocycles. The Hall–Kier alpha value is -2.70. The van der Waals surface area contributed by atoms with Crippen molar-refractivity contribution in [1.82, 2.24) is 9.97 Å². The molecule has 0 radical (unpaired) electrons. The quantitative estimate of drug-likeness (QED) is 0.293. The number of thiophene rings is 1. The fourth-order valence-corrected chi connectivity index (χ4v) is 4.92. The molecular formula is C24H23N3OS2. The highest BCUT2D eigenvalue weighted by Crippen LogP contribution is 2.36. The zero-order valence-corrected chi connectivity index (χ0v) is 18.8. The summed E-state index contributed by atoms with van der Waals surface area (Å²) in [6.45, 7) is 6.52. The van der Waals surface area contributed by atoms with Crippen LogP contribution in [-0.4, -0.2) is 21.6 Å². The van der Waals surface area contributed by atoms with E-state index in [-0.39, 0.29) is 11.3 Å². The first-order valence-electron chi connectivity index (χ1n) is 9.73. The number of aromatic nitrogens is 2. The number of rotatable bonds is 5. The van der Waals surface area contributed by atoms with Gasteiger partial charge in [-0.25, -0.2) is 9.97 Å². The number of hydrogen-bond acceptors (Lipinski definition) is 5. The maximum Gasteiger partial charge on any atom is 0.234 e. The number of anilines is 1.